The number of rotatable bonds is 6. The van der Waals surface area contributed by atoms with Crippen molar-refractivity contribution in [1.29, 1.82) is 0 Å². The van der Waals surface area contributed by atoms with E-state index in [-0.39, 0.29) is 11.9 Å². The molecule has 100 valence electrons. The van der Waals surface area contributed by atoms with Crippen molar-refractivity contribution >= 4 is 11.6 Å². The van der Waals surface area contributed by atoms with Gasteiger partial charge in [-0.3, -0.25) is 0 Å². The lowest BCUT2D eigenvalue weighted by Gasteiger charge is -2.16. The number of halogens is 2. The molecule has 2 N–H and O–H groups in total. The molecule has 0 aliphatic heterocycles. The fraction of sp³-hybridized carbons (Fsp3) is 0.571. The van der Waals surface area contributed by atoms with E-state index in [4.69, 9.17) is 22.1 Å². The van der Waals surface area contributed by atoms with Gasteiger partial charge in [0.05, 0.1) is 11.6 Å². The molecule has 0 saturated heterocycles. The lowest BCUT2D eigenvalue weighted by atomic mass is 10.0. The van der Waals surface area contributed by atoms with Gasteiger partial charge in [0.25, 0.3) is 0 Å². The predicted octanol–water partition coefficient (Wildman–Crippen LogP) is 3.55. The summed E-state index contributed by atoms with van der Waals surface area (Å²) in [7, 11) is 0. The SMILES string of the molecule is CCC(N)Cc1c(Cl)cc(F)cc1OCC1CC1. The lowest BCUT2D eigenvalue weighted by molar-refractivity contribution is 0.294. The molecule has 18 heavy (non-hydrogen) atoms. The summed E-state index contributed by atoms with van der Waals surface area (Å²) in [6, 6.07) is 2.76. The molecule has 1 aliphatic rings. The third kappa shape index (κ3) is 3.59. The van der Waals surface area contributed by atoms with Gasteiger partial charge in [-0.05, 0) is 37.7 Å². The van der Waals surface area contributed by atoms with Gasteiger partial charge in [-0.25, -0.2) is 4.39 Å². The molecule has 2 nitrogen and oxygen atoms in total. The van der Waals surface area contributed by atoms with E-state index in [1.54, 1.807) is 0 Å². The molecule has 0 heterocycles. The molecule has 4 heteroatoms. The van der Waals surface area contributed by atoms with Gasteiger partial charge in [-0.1, -0.05) is 18.5 Å². The molecule has 1 fully saturated rings. The molecule has 1 atom stereocenters. The average molecular weight is 272 g/mol. The first kappa shape index (κ1) is 13.6. The molecule has 0 spiro atoms. The Kier molecular flexibility index (Phi) is 4.46. The Morgan fingerprint density at radius 1 is 1.50 bits per heavy atom. The van der Waals surface area contributed by atoms with E-state index in [1.807, 2.05) is 6.92 Å². The van der Waals surface area contributed by atoms with Crippen LogP contribution in [0.2, 0.25) is 5.02 Å². The van der Waals surface area contributed by atoms with Gasteiger partial charge in [0.1, 0.15) is 11.6 Å². The summed E-state index contributed by atoms with van der Waals surface area (Å²) in [4.78, 5) is 0. The van der Waals surface area contributed by atoms with Crippen LogP contribution < -0.4 is 10.5 Å². The van der Waals surface area contributed by atoms with E-state index in [0.29, 0.717) is 29.7 Å². The summed E-state index contributed by atoms with van der Waals surface area (Å²) in [5, 5.41) is 0.407. The summed E-state index contributed by atoms with van der Waals surface area (Å²) >= 11 is 6.09. The maximum Gasteiger partial charge on any atom is 0.128 e. The minimum absolute atomic E-state index is 0.0243. The number of ether oxygens (including phenoxy) is 1. The number of benzene rings is 1. The van der Waals surface area contributed by atoms with Crippen molar-refractivity contribution < 1.29 is 9.13 Å². The second kappa shape index (κ2) is 5.89. The zero-order chi connectivity index (χ0) is 13.1. The van der Waals surface area contributed by atoms with Crippen LogP contribution in [-0.4, -0.2) is 12.6 Å². The summed E-state index contributed by atoms with van der Waals surface area (Å²) < 4.78 is 19.1. The van der Waals surface area contributed by atoms with Crippen molar-refractivity contribution in [2.45, 2.75) is 38.6 Å². The zero-order valence-electron chi connectivity index (χ0n) is 10.6. The van der Waals surface area contributed by atoms with E-state index in [0.717, 1.165) is 12.0 Å². The normalized spacial score (nSPS) is 16.7. The Labute approximate surface area is 112 Å². The van der Waals surface area contributed by atoms with Crippen molar-refractivity contribution in [3.05, 3.63) is 28.5 Å². The second-order valence-corrected chi connectivity index (χ2v) is 5.40. The molecular formula is C14H19ClFNO. The van der Waals surface area contributed by atoms with Crippen LogP contribution in [0.1, 0.15) is 31.7 Å². The predicted molar refractivity (Wildman–Crippen MR) is 71.6 cm³/mol. The van der Waals surface area contributed by atoms with Gasteiger partial charge in [-0.2, -0.15) is 0 Å². The molecule has 1 aliphatic carbocycles. The highest BCUT2D eigenvalue weighted by molar-refractivity contribution is 6.31. The minimum Gasteiger partial charge on any atom is -0.493 e. The molecule has 0 bridgehead atoms. The molecule has 2 rings (SSSR count). The first-order chi connectivity index (χ1) is 8.60. The maximum atomic E-state index is 13.4. The van der Waals surface area contributed by atoms with E-state index in [1.165, 1.54) is 25.0 Å². The fourth-order valence-electron chi connectivity index (χ4n) is 1.81. The Morgan fingerprint density at radius 2 is 2.22 bits per heavy atom. The summed E-state index contributed by atoms with van der Waals surface area (Å²) in [5.74, 6) is 0.815. The molecule has 1 aromatic carbocycles. The van der Waals surface area contributed by atoms with Crippen LogP contribution in [0.5, 0.6) is 5.75 Å². The van der Waals surface area contributed by atoms with Crippen LogP contribution in [-0.2, 0) is 6.42 Å². The Balaban J connectivity index is 2.16. The van der Waals surface area contributed by atoms with Gasteiger partial charge < -0.3 is 10.5 Å². The van der Waals surface area contributed by atoms with Crippen LogP contribution in [0.15, 0.2) is 12.1 Å². The summed E-state index contributed by atoms with van der Waals surface area (Å²) in [6.07, 6.45) is 3.88. The molecule has 1 saturated carbocycles. The van der Waals surface area contributed by atoms with Gasteiger partial charge in [0.2, 0.25) is 0 Å². The van der Waals surface area contributed by atoms with Crippen LogP contribution in [0.4, 0.5) is 4.39 Å². The fourth-order valence-corrected chi connectivity index (χ4v) is 2.08. The van der Waals surface area contributed by atoms with Crippen molar-refractivity contribution in [3.8, 4) is 5.75 Å². The van der Waals surface area contributed by atoms with Gasteiger partial charge in [-0.15, -0.1) is 0 Å². The van der Waals surface area contributed by atoms with E-state index >= 15 is 0 Å². The molecule has 0 aromatic heterocycles. The lowest BCUT2D eigenvalue weighted by Crippen LogP contribution is -2.22. The Morgan fingerprint density at radius 3 is 2.83 bits per heavy atom. The molecular weight excluding hydrogens is 253 g/mol. The van der Waals surface area contributed by atoms with Crippen molar-refractivity contribution in [2.75, 3.05) is 6.61 Å². The second-order valence-electron chi connectivity index (χ2n) is 4.99. The highest BCUT2D eigenvalue weighted by Gasteiger charge is 2.23. The van der Waals surface area contributed by atoms with Crippen molar-refractivity contribution in [2.24, 2.45) is 11.7 Å². The van der Waals surface area contributed by atoms with Gasteiger partial charge in [0, 0.05) is 17.7 Å². The van der Waals surface area contributed by atoms with Gasteiger partial charge >= 0.3 is 0 Å². The third-order valence-electron chi connectivity index (χ3n) is 3.28. The highest BCUT2D eigenvalue weighted by Crippen LogP contribution is 2.33. The van der Waals surface area contributed by atoms with Crippen LogP contribution in [0.25, 0.3) is 0 Å². The molecule has 1 aromatic rings. The van der Waals surface area contributed by atoms with E-state index in [9.17, 15) is 4.39 Å². The first-order valence-corrected chi connectivity index (χ1v) is 6.84. The molecule has 0 radical (unpaired) electrons. The number of hydrogen-bond donors (Lipinski definition) is 1. The van der Waals surface area contributed by atoms with Gasteiger partial charge in [0.15, 0.2) is 0 Å². The highest BCUT2D eigenvalue weighted by atomic mass is 35.5. The standard InChI is InChI=1S/C14H19ClFNO/c1-2-11(17)7-12-13(15)5-10(16)6-14(12)18-8-9-3-4-9/h5-6,9,11H,2-4,7-8,17H2,1H3. The Hall–Kier alpha value is -0.800. The monoisotopic (exact) mass is 271 g/mol. The van der Waals surface area contributed by atoms with Crippen LogP contribution >= 0.6 is 11.6 Å². The maximum absolute atomic E-state index is 13.4. The average Bonchev–Trinajstić information content (AvgIpc) is 3.13. The Bertz CT molecular complexity index is 421. The first-order valence-electron chi connectivity index (χ1n) is 6.46. The van der Waals surface area contributed by atoms with E-state index < -0.39 is 0 Å². The minimum atomic E-state index is -0.361. The summed E-state index contributed by atoms with van der Waals surface area (Å²) in [5.41, 5.74) is 6.77. The van der Waals surface area contributed by atoms with E-state index in [2.05, 4.69) is 0 Å². The van der Waals surface area contributed by atoms with Crippen molar-refractivity contribution in [3.63, 3.8) is 0 Å². The van der Waals surface area contributed by atoms with Crippen LogP contribution in [0, 0.1) is 11.7 Å². The summed E-state index contributed by atoms with van der Waals surface area (Å²) in [6.45, 7) is 2.67. The smallest absolute Gasteiger partial charge is 0.128 e. The quantitative estimate of drug-likeness (QED) is 0.859. The largest absolute Gasteiger partial charge is 0.493 e. The topological polar surface area (TPSA) is 35.2 Å². The molecule has 1 unspecified atom stereocenters. The van der Waals surface area contributed by atoms with Crippen LogP contribution in [0.3, 0.4) is 0 Å². The van der Waals surface area contributed by atoms with Crippen molar-refractivity contribution in [1.82, 2.24) is 0 Å². The number of nitrogens with two attached hydrogens (primary N) is 1. The molecule has 0 amide bonds. The number of hydrogen-bond acceptors (Lipinski definition) is 2. The zero-order valence-corrected chi connectivity index (χ0v) is 11.3. The third-order valence-corrected chi connectivity index (χ3v) is 3.62.